The Hall–Kier alpha value is -1.32. The van der Waals surface area contributed by atoms with E-state index in [0.717, 1.165) is 46.4 Å². The van der Waals surface area contributed by atoms with Gasteiger partial charge in [0.15, 0.2) is 0 Å². The number of ether oxygens (including phenoxy) is 1. The van der Waals surface area contributed by atoms with E-state index >= 15 is 0 Å². The molecule has 0 spiro atoms. The van der Waals surface area contributed by atoms with Gasteiger partial charge in [-0.3, -0.25) is 0 Å². The number of hydrogen-bond donors (Lipinski definition) is 1. The van der Waals surface area contributed by atoms with Crippen LogP contribution in [-0.2, 0) is 6.42 Å². The summed E-state index contributed by atoms with van der Waals surface area (Å²) >= 11 is 3.47. The van der Waals surface area contributed by atoms with Crippen molar-refractivity contribution < 1.29 is 9.84 Å². The Kier molecular flexibility index (Phi) is 3.81. The molecule has 0 amide bonds. The molecule has 1 heterocycles. The summed E-state index contributed by atoms with van der Waals surface area (Å²) < 4.78 is 6.60. The second-order valence-corrected chi connectivity index (χ2v) is 6.14. The molecule has 2 nitrogen and oxygen atoms in total. The molecule has 0 aliphatic carbocycles. The Bertz CT molecular complexity index is 637. The van der Waals surface area contributed by atoms with E-state index in [9.17, 15) is 5.11 Å². The number of rotatable bonds is 2. The van der Waals surface area contributed by atoms with Gasteiger partial charge in [-0.15, -0.1) is 0 Å². The number of fused-ring (bicyclic) bond motifs is 1. The Morgan fingerprint density at radius 1 is 1.20 bits per heavy atom. The van der Waals surface area contributed by atoms with E-state index < -0.39 is 6.10 Å². The molecule has 2 aromatic carbocycles. The minimum absolute atomic E-state index is 0.597. The van der Waals surface area contributed by atoms with Crippen LogP contribution in [0.5, 0.6) is 5.75 Å². The Labute approximate surface area is 127 Å². The van der Waals surface area contributed by atoms with Crippen molar-refractivity contribution in [3.8, 4) is 5.75 Å². The predicted octanol–water partition coefficient (Wildman–Crippen LogP) is 4.16. The molecule has 0 saturated carbocycles. The van der Waals surface area contributed by atoms with Gasteiger partial charge >= 0.3 is 0 Å². The minimum Gasteiger partial charge on any atom is -0.493 e. The van der Waals surface area contributed by atoms with E-state index in [-0.39, 0.29) is 0 Å². The van der Waals surface area contributed by atoms with Gasteiger partial charge in [0.05, 0.1) is 6.61 Å². The van der Waals surface area contributed by atoms with Crippen LogP contribution in [0, 0.1) is 6.92 Å². The highest BCUT2D eigenvalue weighted by molar-refractivity contribution is 9.10. The zero-order valence-electron chi connectivity index (χ0n) is 11.4. The van der Waals surface area contributed by atoms with Gasteiger partial charge in [0, 0.05) is 4.47 Å². The second kappa shape index (κ2) is 5.58. The van der Waals surface area contributed by atoms with E-state index in [4.69, 9.17) is 4.74 Å². The Morgan fingerprint density at radius 3 is 2.90 bits per heavy atom. The number of aliphatic hydroxyl groups excluding tert-OH is 1. The maximum absolute atomic E-state index is 10.6. The lowest BCUT2D eigenvalue weighted by molar-refractivity contribution is 0.218. The lowest BCUT2D eigenvalue weighted by atomic mass is 9.94. The molecule has 0 fully saturated rings. The summed E-state index contributed by atoms with van der Waals surface area (Å²) in [6, 6.07) is 12.0. The zero-order valence-corrected chi connectivity index (χ0v) is 13.0. The summed E-state index contributed by atoms with van der Waals surface area (Å²) in [5.74, 6) is 0.957. The lowest BCUT2D eigenvalue weighted by Gasteiger charge is -2.20. The fraction of sp³-hybridized carbons (Fsp3) is 0.294. The first kappa shape index (κ1) is 13.7. The third-order valence-corrected chi connectivity index (χ3v) is 4.28. The normalized spacial score (nSPS) is 15.3. The van der Waals surface area contributed by atoms with Crippen LogP contribution in [0.1, 0.15) is 34.8 Å². The molecule has 1 unspecified atom stereocenters. The maximum atomic E-state index is 10.6. The van der Waals surface area contributed by atoms with Crippen molar-refractivity contribution in [1.82, 2.24) is 0 Å². The highest BCUT2D eigenvalue weighted by Crippen LogP contribution is 2.32. The van der Waals surface area contributed by atoms with E-state index in [1.807, 2.05) is 37.3 Å². The van der Waals surface area contributed by atoms with Gasteiger partial charge in [-0.2, -0.15) is 0 Å². The first-order valence-electron chi connectivity index (χ1n) is 6.85. The first-order chi connectivity index (χ1) is 9.65. The summed E-state index contributed by atoms with van der Waals surface area (Å²) in [5.41, 5.74) is 4.15. The maximum Gasteiger partial charge on any atom is 0.122 e. The highest BCUT2D eigenvalue weighted by Gasteiger charge is 2.17. The van der Waals surface area contributed by atoms with Gasteiger partial charge < -0.3 is 9.84 Å². The summed E-state index contributed by atoms with van der Waals surface area (Å²) in [6.45, 7) is 2.81. The number of halogens is 1. The van der Waals surface area contributed by atoms with E-state index in [2.05, 4.69) is 22.0 Å². The molecule has 0 aromatic heterocycles. The van der Waals surface area contributed by atoms with Crippen molar-refractivity contribution >= 4 is 15.9 Å². The van der Waals surface area contributed by atoms with Crippen LogP contribution in [0.2, 0.25) is 0 Å². The number of benzene rings is 2. The van der Waals surface area contributed by atoms with Crippen LogP contribution in [0.3, 0.4) is 0 Å². The third kappa shape index (κ3) is 2.60. The summed E-state index contributed by atoms with van der Waals surface area (Å²) in [7, 11) is 0. The molecular formula is C17H17BrO2. The molecule has 1 aliphatic rings. The quantitative estimate of drug-likeness (QED) is 0.894. The fourth-order valence-electron chi connectivity index (χ4n) is 2.64. The van der Waals surface area contributed by atoms with Gasteiger partial charge in [-0.1, -0.05) is 28.1 Å². The van der Waals surface area contributed by atoms with Crippen LogP contribution < -0.4 is 4.74 Å². The number of aryl methyl sites for hydroxylation is 2. The lowest BCUT2D eigenvalue weighted by Crippen LogP contribution is -2.10. The standard InChI is InChI=1S/C17H17BrO2/c1-11-4-6-14(18)10-15(11)17(19)13-5-7-16-12(9-13)3-2-8-20-16/h4-7,9-10,17,19H,2-3,8H2,1H3. The average molecular weight is 333 g/mol. The second-order valence-electron chi connectivity index (χ2n) is 5.22. The largest absolute Gasteiger partial charge is 0.493 e. The summed E-state index contributed by atoms with van der Waals surface area (Å²) in [6.07, 6.45) is 1.47. The molecule has 1 atom stereocenters. The molecule has 2 aromatic rings. The highest BCUT2D eigenvalue weighted by atomic mass is 79.9. The molecule has 1 aliphatic heterocycles. The molecule has 0 bridgehead atoms. The molecular weight excluding hydrogens is 316 g/mol. The SMILES string of the molecule is Cc1ccc(Br)cc1C(O)c1ccc2c(c1)CCCO2. The van der Waals surface area contributed by atoms with Crippen molar-refractivity contribution in [3.05, 3.63) is 63.1 Å². The minimum atomic E-state index is -0.597. The molecule has 0 radical (unpaired) electrons. The number of hydrogen-bond acceptors (Lipinski definition) is 2. The van der Waals surface area contributed by atoms with Crippen LogP contribution in [0.15, 0.2) is 40.9 Å². The van der Waals surface area contributed by atoms with Crippen molar-refractivity contribution in [2.24, 2.45) is 0 Å². The van der Waals surface area contributed by atoms with Crippen molar-refractivity contribution in [1.29, 1.82) is 0 Å². The molecule has 3 rings (SSSR count). The Morgan fingerprint density at radius 2 is 2.05 bits per heavy atom. The van der Waals surface area contributed by atoms with Gasteiger partial charge in [0.25, 0.3) is 0 Å². The number of aliphatic hydroxyl groups is 1. The fourth-order valence-corrected chi connectivity index (χ4v) is 3.01. The smallest absolute Gasteiger partial charge is 0.122 e. The molecule has 0 saturated heterocycles. The van der Waals surface area contributed by atoms with Gasteiger partial charge in [-0.05, 0) is 66.3 Å². The van der Waals surface area contributed by atoms with Crippen LogP contribution in [0.4, 0.5) is 0 Å². The van der Waals surface area contributed by atoms with Gasteiger partial charge in [-0.25, -0.2) is 0 Å². The monoisotopic (exact) mass is 332 g/mol. The van der Waals surface area contributed by atoms with Gasteiger partial charge in [0.2, 0.25) is 0 Å². The Balaban J connectivity index is 1.97. The molecule has 104 valence electrons. The van der Waals surface area contributed by atoms with Crippen molar-refractivity contribution in [3.63, 3.8) is 0 Å². The van der Waals surface area contributed by atoms with Crippen LogP contribution in [-0.4, -0.2) is 11.7 Å². The van der Waals surface area contributed by atoms with Crippen molar-refractivity contribution in [2.75, 3.05) is 6.61 Å². The summed E-state index contributed by atoms with van der Waals surface area (Å²) in [4.78, 5) is 0. The van der Waals surface area contributed by atoms with E-state index in [1.165, 1.54) is 5.56 Å². The summed E-state index contributed by atoms with van der Waals surface area (Å²) in [5, 5.41) is 10.6. The zero-order chi connectivity index (χ0) is 14.1. The topological polar surface area (TPSA) is 29.5 Å². The van der Waals surface area contributed by atoms with E-state index in [1.54, 1.807) is 0 Å². The first-order valence-corrected chi connectivity index (χ1v) is 7.64. The average Bonchev–Trinajstić information content (AvgIpc) is 2.48. The van der Waals surface area contributed by atoms with Gasteiger partial charge in [0.1, 0.15) is 11.9 Å². The molecule has 1 N–H and O–H groups in total. The van der Waals surface area contributed by atoms with Crippen LogP contribution >= 0.6 is 15.9 Å². The van der Waals surface area contributed by atoms with Crippen LogP contribution in [0.25, 0.3) is 0 Å². The molecule has 20 heavy (non-hydrogen) atoms. The third-order valence-electron chi connectivity index (χ3n) is 3.78. The van der Waals surface area contributed by atoms with E-state index in [0.29, 0.717) is 0 Å². The predicted molar refractivity (Wildman–Crippen MR) is 83.2 cm³/mol. The molecule has 3 heteroatoms. The van der Waals surface area contributed by atoms with Crippen molar-refractivity contribution in [2.45, 2.75) is 25.9 Å².